The lowest BCUT2D eigenvalue weighted by Gasteiger charge is -2.32. The predicted molar refractivity (Wildman–Crippen MR) is 73.4 cm³/mol. The topological polar surface area (TPSA) is 65.0 Å². The quantitative estimate of drug-likeness (QED) is 0.761. The Balaban J connectivity index is 2.03. The monoisotopic (exact) mass is 266 g/mol. The molecule has 5 nitrogen and oxygen atoms in total. The molecule has 1 saturated heterocycles. The van der Waals surface area contributed by atoms with Gasteiger partial charge in [0.25, 0.3) is 0 Å². The molecule has 2 atom stereocenters. The van der Waals surface area contributed by atoms with Gasteiger partial charge in [0.15, 0.2) is 0 Å². The van der Waals surface area contributed by atoms with Crippen LogP contribution in [-0.4, -0.2) is 54.5 Å². The number of ether oxygens (including phenoxy) is 1. The van der Waals surface area contributed by atoms with Crippen molar-refractivity contribution in [2.45, 2.75) is 19.1 Å². The number of rotatable bonds is 4. The highest BCUT2D eigenvalue weighted by Crippen LogP contribution is 2.34. The van der Waals surface area contributed by atoms with E-state index in [0.29, 0.717) is 5.56 Å². The molecule has 5 heteroatoms. The maximum absolute atomic E-state index is 9.89. The molecule has 1 fully saturated rings. The zero-order valence-corrected chi connectivity index (χ0v) is 11.5. The number of morpholine rings is 1. The van der Waals surface area contributed by atoms with Crippen LogP contribution in [0.1, 0.15) is 18.5 Å². The molecule has 0 saturated carbocycles. The second kappa shape index (κ2) is 6.23. The molecule has 1 aliphatic rings. The first-order valence-corrected chi connectivity index (χ1v) is 6.63. The van der Waals surface area contributed by atoms with Gasteiger partial charge in [-0.2, -0.15) is 0 Å². The Bertz CT molecular complexity index is 399. The van der Waals surface area contributed by atoms with E-state index in [1.165, 1.54) is 0 Å². The molecule has 0 radical (unpaired) electrons. The van der Waals surface area contributed by atoms with E-state index >= 15 is 0 Å². The highest BCUT2D eigenvalue weighted by molar-refractivity contribution is 5.44. The van der Waals surface area contributed by atoms with E-state index in [-0.39, 0.29) is 23.6 Å². The molecule has 2 rings (SSSR count). The molecule has 106 valence electrons. The van der Waals surface area contributed by atoms with Gasteiger partial charge in [-0.3, -0.25) is 4.90 Å². The molecule has 2 unspecified atom stereocenters. The molecule has 3 N–H and O–H groups in total. The lowest BCUT2D eigenvalue weighted by Crippen LogP contribution is -2.44. The number of hydrogen-bond donors (Lipinski definition) is 3. The summed E-state index contributed by atoms with van der Waals surface area (Å²) in [6.07, 6.45) is 0.147. The lowest BCUT2D eigenvalue weighted by molar-refractivity contribution is 0.00362. The number of nitrogens with zero attached hydrogens (tertiary/aromatic N) is 1. The van der Waals surface area contributed by atoms with Crippen molar-refractivity contribution in [2.24, 2.45) is 0 Å². The van der Waals surface area contributed by atoms with Crippen molar-refractivity contribution in [1.82, 2.24) is 10.2 Å². The number of nitrogens with one attached hydrogen (secondary N) is 1. The maximum Gasteiger partial charge on any atom is 0.124 e. The maximum atomic E-state index is 9.89. The van der Waals surface area contributed by atoms with Crippen molar-refractivity contribution in [2.75, 3.05) is 33.3 Å². The smallest absolute Gasteiger partial charge is 0.124 e. The van der Waals surface area contributed by atoms with Crippen LogP contribution in [0.2, 0.25) is 0 Å². The van der Waals surface area contributed by atoms with Crippen molar-refractivity contribution >= 4 is 0 Å². The van der Waals surface area contributed by atoms with Crippen LogP contribution < -0.4 is 5.32 Å². The minimum atomic E-state index is -0.0771. The largest absolute Gasteiger partial charge is 0.507 e. The first kappa shape index (κ1) is 14.1. The van der Waals surface area contributed by atoms with Gasteiger partial charge < -0.3 is 20.3 Å². The highest BCUT2D eigenvalue weighted by Gasteiger charge is 2.22. The third-order valence-electron chi connectivity index (χ3n) is 3.64. The van der Waals surface area contributed by atoms with Crippen LogP contribution in [0.5, 0.6) is 11.5 Å². The summed E-state index contributed by atoms with van der Waals surface area (Å²) in [5.74, 6) is 0.254. The Morgan fingerprint density at radius 1 is 1.42 bits per heavy atom. The Labute approximate surface area is 113 Å². The molecule has 0 spiro atoms. The van der Waals surface area contributed by atoms with Gasteiger partial charge in [-0.05, 0) is 26.1 Å². The minimum Gasteiger partial charge on any atom is -0.507 e. The number of phenolic OH excluding ortho intramolecular Hbond substituents is 2. The number of likely N-dealkylation sites (N-methyl/N-ethyl adjacent to an activating group) is 1. The van der Waals surface area contributed by atoms with Gasteiger partial charge in [0.05, 0.1) is 18.3 Å². The van der Waals surface area contributed by atoms with Gasteiger partial charge in [-0.25, -0.2) is 0 Å². The fraction of sp³-hybridized carbons (Fsp3) is 0.571. The lowest BCUT2D eigenvalue weighted by atomic mass is 10.0. The van der Waals surface area contributed by atoms with Crippen molar-refractivity contribution in [3.05, 3.63) is 23.8 Å². The molecule has 0 aliphatic carbocycles. The molecule has 19 heavy (non-hydrogen) atoms. The number of hydrogen-bond acceptors (Lipinski definition) is 5. The van der Waals surface area contributed by atoms with Crippen molar-refractivity contribution < 1.29 is 14.9 Å². The van der Waals surface area contributed by atoms with Crippen LogP contribution in [0.4, 0.5) is 0 Å². The molecule has 1 heterocycles. The van der Waals surface area contributed by atoms with Gasteiger partial charge in [0, 0.05) is 25.7 Å². The first-order valence-electron chi connectivity index (χ1n) is 6.63. The number of aromatic hydroxyl groups is 2. The van der Waals surface area contributed by atoms with Gasteiger partial charge in [0.2, 0.25) is 0 Å². The molecular weight excluding hydrogens is 244 g/mol. The Hall–Kier alpha value is -1.30. The van der Waals surface area contributed by atoms with Gasteiger partial charge >= 0.3 is 0 Å². The SMILES string of the molecule is CC(c1c(O)cccc1O)N(C)CC1CNCCO1. The van der Waals surface area contributed by atoms with Crippen LogP contribution in [-0.2, 0) is 4.74 Å². The molecule has 1 aromatic carbocycles. The van der Waals surface area contributed by atoms with Crippen LogP contribution in [0.25, 0.3) is 0 Å². The summed E-state index contributed by atoms with van der Waals surface area (Å²) in [7, 11) is 1.97. The fourth-order valence-corrected chi connectivity index (χ4v) is 2.41. The second-order valence-electron chi connectivity index (χ2n) is 5.02. The van der Waals surface area contributed by atoms with Crippen LogP contribution in [0.3, 0.4) is 0 Å². The Kier molecular flexibility index (Phi) is 4.63. The average molecular weight is 266 g/mol. The first-order chi connectivity index (χ1) is 9.09. The van der Waals surface area contributed by atoms with E-state index in [1.807, 2.05) is 14.0 Å². The molecule has 1 aliphatic heterocycles. The molecule has 0 bridgehead atoms. The van der Waals surface area contributed by atoms with Crippen molar-refractivity contribution in [1.29, 1.82) is 0 Å². The summed E-state index contributed by atoms with van der Waals surface area (Å²) in [4.78, 5) is 2.08. The molecule has 1 aromatic rings. The van der Waals surface area contributed by atoms with E-state index in [9.17, 15) is 10.2 Å². The van der Waals surface area contributed by atoms with Crippen LogP contribution in [0.15, 0.2) is 18.2 Å². The second-order valence-corrected chi connectivity index (χ2v) is 5.02. The predicted octanol–water partition coefficient (Wildman–Crippen LogP) is 1.08. The molecule has 0 aromatic heterocycles. The summed E-state index contributed by atoms with van der Waals surface area (Å²) >= 11 is 0. The molecule has 0 amide bonds. The third kappa shape index (κ3) is 3.37. The van der Waals surface area contributed by atoms with Crippen LogP contribution in [0, 0.1) is 0 Å². The van der Waals surface area contributed by atoms with Crippen molar-refractivity contribution in [3.8, 4) is 11.5 Å². The summed E-state index contributed by atoms with van der Waals surface area (Å²) in [6.45, 7) is 5.18. The van der Waals surface area contributed by atoms with Gasteiger partial charge in [-0.1, -0.05) is 6.07 Å². The zero-order chi connectivity index (χ0) is 13.8. The van der Waals surface area contributed by atoms with Gasteiger partial charge in [-0.15, -0.1) is 0 Å². The van der Waals surface area contributed by atoms with Crippen molar-refractivity contribution in [3.63, 3.8) is 0 Å². The highest BCUT2D eigenvalue weighted by atomic mass is 16.5. The molecular formula is C14H22N2O3. The normalized spacial score (nSPS) is 21.5. The summed E-state index contributed by atoms with van der Waals surface area (Å²) < 4.78 is 5.67. The van der Waals surface area contributed by atoms with E-state index in [2.05, 4.69) is 10.2 Å². The minimum absolute atomic E-state index is 0.0771. The van der Waals surface area contributed by atoms with E-state index in [1.54, 1.807) is 18.2 Å². The average Bonchev–Trinajstić information content (AvgIpc) is 2.39. The van der Waals surface area contributed by atoms with E-state index < -0.39 is 0 Å². The van der Waals surface area contributed by atoms with E-state index in [4.69, 9.17) is 4.74 Å². The van der Waals surface area contributed by atoms with Crippen LogP contribution >= 0.6 is 0 Å². The number of phenols is 2. The summed E-state index contributed by atoms with van der Waals surface area (Å²) in [6, 6.07) is 4.75. The summed E-state index contributed by atoms with van der Waals surface area (Å²) in [5.41, 5.74) is 0.564. The summed E-state index contributed by atoms with van der Waals surface area (Å²) in [5, 5.41) is 23.1. The van der Waals surface area contributed by atoms with Gasteiger partial charge in [0.1, 0.15) is 11.5 Å². The Morgan fingerprint density at radius 3 is 2.68 bits per heavy atom. The Morgan fingerprint density at radius 2 is 2.11 bits per heavy atom. The fourth-order valence-electron chi connectivity index (χ4n) is 2.41. The zero-order valence-electron chi connectivity index (χ0n) is 11.5. The third-order valence-corrected chi connectivity index (χ3v) is 3.64. The standard InChI is InChI=1S/C14H22N2O3/c1-10(14-12(17)4-3-5-13(14)18)16(2)9-11-8-15-6-7-19-11/h3-5,10-11,15,17-18H,6-9H2,1-2H3. The number of benzene rings is 1. The van der Waals surface area contributed by atoms with E-state index in [0.717, 1.165) is 26.2 Å².